The molecule has 0 bridgehead atoms. The van der Waals surface area contributed by atoms with Crippen LogP contribution in [0, 0.1) is 0 Å². The van der Waals surface area contributed by atoms with Crippen molar-refractivity contribution in [3.63, 3.8) is 0 Å². The van der Waals surface area contributed by atoms with E-state index in [0.29, 0.717) is 28.5 Å². The van der Waals surface area contributed by atoms with E-state index in [-0.39, 0.29) is 18.8 Å². The molecule has 4 aromatic rings. The molecular formula is C22H19NO8S2. The van der Waals surface area contributed by atoms with E-state index < -0.39 is 16.1 Å². The van der Waals surface area contributed by atoms with Crippen molar-refractivity contribution in [1.29, 1.82) is 0 Å². The number of nitrogens with zero attached hydrogens (tertiary/aromatic N) is 1. The fourth-order valence-electron chi connectivity index (χ4n) is 3.18. The number of fused-ring (bicyclic) bond motifs is 1. The van der Waals surface area contributed by atoms with Crippen molar-refractivity contribution in [2.24, 2.45) is 0 Å². The van der Waals surface area contributed by atoms with Crippen LogP contribution in [0.15, 0.2) is 52.4 Å². The minimum Gasteiger partial charge on any atom is -0.493 e. The molecular weight excluding hydrogens is 470 g/mol. The predicted octanol–water partition coefficient (Wildman–Crippen LogP) is 4.11. The Hall–Kier alpha value is -3.57. The summed E-state index contributed by atoms with van der Waals surface area (Å²) in [5.41, 5.74) is 1.96. The van der Waals surface area contributed by atoms with Gasteiger partial charge in [0, 0.05) is 27.8 Å². The first-order chi connectivity index (χ1) is 15.7. The molecule has 0 saturated heterocycles. The Morgan fingerprint density at radius 3 is 2.58 bits per heavy atom. The van der Waals surface area contributed by atoms with Gasteiger partial charge in [0.25, 0.3) is 0 Å². The zero-order valence-electron chi connectivity index (χ0n) is 17.6. The molecule has 4 rings (SSSR count). The van der Waals surface area contributed by atoms with E-state index in [1.165, 1.54) is 30.6 Å². The Bertz CT molecular complexity index is 1400. The van der Waals surface area contributed by atoms with Gasteiger partial charge in [-0.15, -0.1) is 11.3 Å². The van der Waals surface area contributed by atoms with Crippen LogP contribution in [-0.4, -0.2) is 38.0 Å². The SMILES string of the molecule is COc1cc2c(CC(=O)O)csc2cc1OCc1cc(-c2ccc(OS(C)(=O)=O)cc2)on1. The number of carbonyl (C=O) groups is 1. The van der Waals surface area contributed by atoms with E-state index in [2.05, 4.69) is 5.16 Å². The molecule has 2 heterocycles. The highest BCUT2D eigenvalue weighted by atomic mass is 32.2. The van der Waals surface area contributed by atoms with Crippen molar-refractivity contribution in [1.82, 2.24) is 5.16 Å². The summed E-state index contributed by atoms with van der Waals surface area (Å²) in [5, 5.41) is 15.7. The average Bonchev–Trinajstić information content (AvgIpc) is 3.38. The third kappa shape index (κ3) is 5.44. The Labute approximate surface area is 193 Å². The molecule has 33 heavy (non-hydrogen) atoms. The molecule has 0 unspecified atom stereocenters. The van der Waals surface area contributed by atoms with Crippen LogP contribution in [0.25, 0.3) is 21.4 Å². The normalized spacial score (nSPS) is 11.5. The number of rotatable bonds is 9. The standard InChI is InChI=1S/C22H19NO8S2/c1-28-19-9-17-14(7-22(24)25)12-32-21(17)10-20(19)29-11-15-8-18(30-23-15)13-3-5-16(6-4-13)31-33(2,26)27/h3-6,8-10,12H,7,11H2,1-2H3,(H,24,25). The predicted molar refractivity (Wildman–Crippen MR) is 121 cm³/mol. The Morgan fingerprint density at radius 1 is 1.15 bits per heavy atom. The maximum atomic E-state index is 11.2. The fraction of sp³-hybridized carbons (Fsp3) is 0.182. The Kier molecular flexibility index (Phi) is 6.25. The highest BCUT2D eigenvalue weighted by Gasteiger charge is 2.15. The highest BCUT2D eigenvalue weighted by Crippen LogP contribution is 2.37. The zero-order valence-corrected chi connectivity index (χ0v) is 19.2. The molecule has 172 valence electrons. The summed E-state index contributed by atoms with van der Waals surface area (Å²) in [6.45, 7) is 0.119. The molecule has 11 heteroatoms. The topological polar surface area (TPSA) is 125 Å². The molecule has 0 saturated carbocycles. The first-order valence-electron chi connectivity index (χ1n) is 9.60. The van der Waals surface area contributed by atoms with Gasteiger partial charge in [-0.1, -0.05) is 5.16 Å². The van der Waals surface area contributed by atoms with Crippen molar-refractivity contribution >= 4 is 37.5 Å². The molecule has 2 aromatic carbocycles. The van der Waals surface area contributed by atoms with Crippen LogP contribution in [-0.2, 0) is 27.9 Å². The number of carboxylic acids is 1. The molecule has 2 aromatic heterocycles. The number of hydrogen-bond acceptors (Lipinski definition) is 9. The van der Waals surface area contributed by atoms with Crippen LogP contribution < -0.4 is 13.7 Å². The second kappa shape index (κ2) is 9.12. The van der Waals surface area contributed by atoms with Gasteiger partial charge in [-0.2, -0.15) is 8.42 Å². The Balaban J connectivity index is 1.48. The number of aromatic nitrogens is 1. The van der Waals surface area contributed by atoms with E-state index in [1.807, 2.05) is 11.4 Å². The van der Waals surface area contributed by atoms with E-state index in [0.717, 1.165) is 21.9 Å². The molecule has 1 N–H and O–H groups in total. The van der Waals surface area contributed by atoms with Gasteiger partial charge in [-0.05, 0) is 41.3 Å². The third-order valence-electron chi connectivity index (χ3n) is 4.60. The van der Waals surface area contributed by atoms with E-state index >= 15 is 0 Å². The number of benzene rings is 2. The first kappa shape index (κ1) is 22.6. The van der Waals surface area contributed by atoms with Gasteiger partial charge >= 0.3 is 16.1 Å². The highest BCUT2D eigenvalue weighted by molar-refractivity contribution is 7.86. The summed E-state index contributed by atoms with van der Waals surface area (Å²) in [6.07, 6.45) is 0.913. The lowest BCUT2D eigenvalue weighted by Gasteiger charge is -2.10. The maximum absolute atomic E-state index is 11.2. The molecule has 0 aliphatic rings. The van der Waals surface area contributed by atoms with Crippen molar-refractivity contribution in [3.8, 4) is 28.6 Å². The summed E-state index contributed by atoms with van der Waals surface area (Å²) in [7, 11) is -2.08. The van der Waals surface area contributed by atoms with Crippen molar-refractivity contribution in [3.05, 3.63) is 59.1 Å². The van der Waals surface area contributed by atoms with Crippen molar-refractivity contribution < 1.29 is 36.5 Å². The average molecular weight is 490 g/mol. The lowest BCUT2D eigenvalue weighted by Crippen LogP contribution is -2.05. The minimum atomic E-state index is -3.60. The van der Waals surface area contributed by atoms with Gasteiger partial charge < -0.3 is 23.3 Å². The Morgan fingerprint density at radius 2 is 1.91 bits per heavy atom. The van der Waals surface area contributed by atoms with Crippen LogP contribution in [0.5, 0.6) is 17.2 Å². The molecule has 9 nitrogen and oxygen atoms in total. The van der Waals surface area contributed by atoms with Gasteiger partial charge in [-0.3, -0.25) is 4.79 Å². The molecule has 0 fully saturated rings. The number of ether oxygens (including phenoxy) is 2. The fourth-order valence-corrected chi connectivity index (χ4v) is 4.61. The molecule has 0 radical (unpaired) electrons. The summed E-state index contributed by atoms with van der Waals surface area (Å²) < 4.78 is 44.8. The molecule has 0 aliphatic carbocycles. The third-order valence-corrected chi connectivity index (χ3v) is 6.09. The minimum absolute atomic E-state index is 0.0631. The van der Waals surface area contributed by atoms with E-state index in [9.17, 15) is 13.2 Å². The first-order valence-corrected chi connectivity index (χ1v) is 12.3. The van der Waals surface area contributed by atoms with Crippen LogP contribution in [0.1, 0.15) is 11.3 Å². The number of carboxylic acid groups (broad SMARTS) is 1. The van der Waals surface area contributed by atoms with Gasteiger partial charge in [0.2, 0.25) is 0 Å². The van der Waals surface area contributed by atoms with Crippen molar-refractivity contribution in [2.45, 2.75) is 13.0 Å². The number of aliphatic carboxylic acids is 1. The largest absolute Gasteiger partial charge is 0.493 e. The van der Waals surface area contributed by atoms with Crippen LogP contribution in [0.3, 0.4) is 0 Å². The number of hydrogen-bond donors (Lipinski definition) is 1. The van der Waals surface area contributed by atoms with Crippen LogP contribution >= 0.6 is 11.3 Å². The van der Waals surface area contributed by atoms with Crippen LogP contribution in [0.4, 0.5) is 0 Å². The van der Waals surface area contributed by atoms with E-state index in [1.54, 1.807) is 24.3 Å². The summed E-state index contributed by atoms with van der Waals surface area (Å²) >= 11 is 1.44. The van der Waals surface area contributed by atoms with Gasteiger partial charge in [-0.25, -0.2) is 0 Å². The number of thiophene rings is 1. The second-order valence-corrected chi connectivity index (χ2v) is 9.60. The zero-order chi connectivity index (χ0) is 23.6. The number of methoxy groups -OCH3 is 1. The van der Waals surface area contributed by atoms with Crippen molar-refractivity contribution in [2.75, 3.05) is 13.4 Å². The lowest BCUT2D eigenvalue weighted by atomic mass is 10.1. The summed E-state index contributed by atoms with van der Waals surface area (Å²) in [6, 6.07) is 11.7. The summed E-state index contributed by atoms with van der Waals surface area (Å²) in [4.78, 5) is 11.1. The van der Waals surface area contributed by atoms with Gasteiger partial charge in [0.05, 0.1) is 19.8 Å². The molecule has 0 aliphatic heterocycles. The smallest absolute Gasteiger partial charge is 0.307 e. The second-order valence-electron chi connectivity index (χ2n) is 7.11. The van der Waals surface area contributed by atoms with E-state index in [4.69, 9.17) is 23.3 Å². The molecule has 0 amide bonds. The summed E-state index contributed by atoms with van der Waals surface area (Å²) in [5.74, 6) is 0.775. The molecule has 0 atom stereocenters. The maximum Gasteiger partial charge on any atom is 0.307 e. The van der Waals surface area contributed by atoms with Gasteiger partial charge in [0.1, 0.15) is 18.1 Å². The monoisotopic (exact) mass is 489 g/mol. The lowest BCUT2D eigenvalue weighted by molar-refractivity contribution is -0.136. The van der Waals surface area contributed by atoms with Crippen LogP contribution in [0.2, 0.25) is 0 Å². The van der Waals surface area contributed by atoms with Gasteiger partial charge in [0.15, 0.2) is 17.3 Å². The molecule has 0 spiro atoms. The quantitative estimate of drug-likeness (QED) is 0.346.